The molecule has 1 aliphatic rings. The van der Waals surface area contributed by atoms with Gasteiger partial charge in [-0.25, -0.2) is 19.6 Å². The first-order chi connectivity index (χ1) is 16.0. The van der Waals surface area contributed by atoms with E-state index >= 15 is 0 Å². The fourth-order valence-corrected chi connectivity index (χ4v) is 5.15. The molecule has 33 heavy (non-hydrogen) atoms. The second-order valence-electron chi connectivity index (χ2n) is 7.34. The predicted octanol–water partition coefficient (Wildman–Crippen LogP) is 3.91. The van der Waals surface area contributed by atoms with Crippen LogP contribution in [-0.2, 0) is 4.79 Å². The SMILES string of the molecule is O=C(O)COc1c(C(=O)O)sc(-c2cccc(N(c3ncccn3)C3CCNCC3)c2)c1Cl. The van der Waals surface area contributed by atoms with E-state index in [2.05, 4.69) is 20.2 Å². The van der Waals surface area contributed by atoms with E-state index in [0.717, 1.165) is 43.0 Å². The fourth-order valence-electron chi connectivity index (χ4n) is 3.75. The zero-order valence-electron chi connectivity index (χ0n) is 17.4. The third kappa shape index (κ3) is 5.08. The summed E-state index contributed by atoms with van der Waals surface area (Å²) in [4.78, 5) is 34.0. The molecule has 3 aromatic rings. The van der Waals surface area contributed by atoms with Crippen LogP contribution in [0.3, 0.4) is 0 Å². The molecule has 0 unspecified atom stereocenters. The van der Waals surface area contributed by atoms with Gasteiger partial charge >= 0.3 is 11.9 Å². The Morgan fingerprint density at radius 3 is 2.58 bits per heavy atom. The predicted molar refractivity (Wildman–Crippen MR) is 125 cm³/mol. The lowest BCUT2D eigenvalue weighted by molar-refractivity contribution is -0.139. The van der Waals surface area contributed by atoms with E-state index in [4.69, 9.17) is 21.4 Å². The number of carboxylic acid groups (broad SMARTS) is 2. The molecule has 0 atom stereocenters. The summed E-state index contributed by atoms with van der Waals surface area (Å²) in [6, 6.07) is 9.48. The topological polar surface area (TPSA) is 125 Å². The number of aliphatic carboxylic acids is 1. The maximum Gasteiger partial charge on any atom is 0.349 e. The molecule has 0 spiro atoms. The average Bonchev–Trinajstić information content (AvgIpc) is 3.16. The largest absolute Gasteiger partial charge is 0.479 e. The van der Waals surface area contributed by atoms with Crippen LogP contribution in [0, 0.1) is 0 Å². The molecular weight excluding hydrogens is 468 g/mol. The minimum Gasteiger partial charge on any atom is -0.479 e. The smallest absolute Gasteiger partial charge is 0.349 e. The summed E-state index contributed by atoms with van der Waals surface area (Å²) in [6.07, 6.45) is 5.22. The fraction of sp³-hybridized carbons (Fsp3) is 0.273. The minimum atomic E-state index is -1.24. The van der Waals surface area contributed by atoms with Crippen molar-refractivity contribution in [2.45, 2.75) is 18.9 Å². The Balaban J connectivity index is 1.76. The van der Waals surface area contributed by atoms with Gasteiger partial charge in [0.25, 0.3) is 0 Å². The van der Waals surface area contributed by atoms with E-state index in [-0.39, 0.29) is 21.7 Å². The molecule has 1 aromatic carbocycles. The van der Waals surface area contributed by atoms with Gasteiger partial charge in [0.05, 0.1) is 4.88 Å². The van der Waals surface area contributed by atoms with E-state index in [1.165, 1.54) is 0 Å². The standard InChI is InChI=1S/C22H21ClN4O5S/c23-17-18(32-12-16(28)29)20(21(30)31)33-19(17)13-3-1-4-15(11-13)27(14-5-9-24-10-6-14)22-25-7-2-8-26-22/h1-4,7-8,11,14,24H,5-6,9-10,12H2,(H,28,29)(H,30,31). The number of piperidine rings is 1. The molecule has 4 rings (SSSR count). The van der Waals surface area contributed by atoms with Crippen LogP contribution in [0.4, 0.5) is 11.6 Å². The lowest BCUT2D eigenvalue weighted by atomic mass is 10.0. The number of thiophene rings is 1. The number of benzene rings is 1. The molecule has 11 heteroatoms. The van der Waals surface area contributed by atoms with E-state index in [9.17, 15) is 14.7 Å². The van der Waals surface area contributed by atoms with Gasteiger partial charge in [0, 0.05) is 24.1 Å². The molecule has 0 amide bonds. The summed E-state index contributed by atoms with van der Waals surface area (Å²) in [5.74, 6) is -2.02. The summed E-state index contributed by atoms with van der Waals surface area (Å²) in [6.45, 7) is 1.08. The highest BCUT2D eigenvalue weighted by atomic mass is 35.5. The summed E-state index contributed by atoms with van der Waals surface area (Å²) in [5, 5.41) is 21.9. The zero-order valence-corrected chi connectivity index (χ0v) is 19.0. The first-order valence-electron chi connectivity index (χ1n) is 10.2. The lowest BCUT2D eigenvalue weighted by Crippen LogP contribution is -2.41. The monoisotopic (exact) mass is 488 g/mol. The maximum atomic E-state index is 11.7. The number of hydrogen-bond acceptors (Lipinski definition) is 8. The van der Waals surface area contributed by atoms with Crippen LogP contribution in [-0.4, -0.2) is 57.9 Å². The highest BCUT2D eigenvalue weighted by Crippen LogP contribution is 2.46. The van der Waals surface area contributed by atoms with Gasteiger partial charge in [0.2, 0.25) is 5.95 Å². The molecule has 3 heterocycles. The molecule has 2 aromatic heterocycles. The van der Waals surface area contributed by atoms with Crippen LogP contribution in [0.25, 0.3) is 10.4 Å². The van der Waals surface area contributed by atoms with Crippen molar-refractivity contribution in [3.05, 3.63) is 52.6 Å². The molecule has 1 saturated heterocycles. The molecular formula is C22H21ClN4O5S. The van der Waals surface area contributed by atoms with E-state index < -0.39 is 18.5 Å². The van der Waals surface area contributed by atoms with Crippen molar-refractivity contribution in [3.8, 4) is 16.2 Å². The highest BCUT2D eigenvalue weighted by Gasteiger charge is 2.27. The molecule has 0 bridgehead atoms. The Labute approximate surface area is 198 Å². The number of hydrogen-bond donors (Lipinski definition) is 3. The van der Waals surface area contributed by atoms with Gasteiger partial charge in [0.1, 0.15) is 5.02 Å². The van der Waals surface area contributed by atoms with Gasteiger partial charge in [-0.3, -0.25) is 0 Å². The minimum absolute atomic E-state index is 0.0696. The number of rotatable bonds is 8. The first kappa shape index (κ1) is 23.0. The van der Waals surface area contributed by atoms with Gasteiger partial charge in [-0.15, -0.1) is 11.3 Å². The van der Waals surface area contributed by atoms with Crippen LogP contribution in [0.2, 0.25) is 5.02 Å². The molecule has 3 N–H and O–H groups in total. The third-order valence-corrected chi connectivity index (χ3v) is 6.85. The van der Waals surface area contributed by atoms with Crippen molar-refractivity contribution in [1.82, 2.24) is 15.3 Å². The van der Waals surface area contributed by atoms with Crippen LogP contribution >= 0.6 is 22.9 Å². The normalized spacial score (nSPS) is 14.1. The van der Waals surface area contributed by atoms with Crippen molar-refractivity contribution in [2.24, 2.45) is 0 Å². The number of halogens is 1. The van der Waals surface area contributed by atoms with Crippen molar-refractivity contribution < 1.29 is 24.5 Å². The average molecular weight is 489 g/mol. The number of carbonyl (C=O) groups is 2. The Kier molecular flexibility index (Phi) is 7.07. The maximum absolute atomic E-state index is 11.7. The number of aromatic nitrogens is 2. The summed E-state index contributed by atoms with van der Waals surface area (Å²) in [7, 11) is 0. The van der Waals surface area contributed by atoms with Gasteiger partial charge in [0.15, 0.2) is 17.2 Å². The van der Waals surface area contributed by atoms with E-state index in [1.54, 1.807) is 18.5 Å². The first-order valence-corrected chi connectivity index (χ1v) is 11.4. The Bertz CT molecular complexity index is 1150. The van der Waals surface area contributed by atoms with Gasteiger partial charge < -0.3 is 25.2 Å². The van der Waals surface area contributed by atoms with Crippen LogP contribution < -0.4 is 15.0 Å². The zero-order chi connectivity index (χ0) is 23.4. The Hall–Kier alpha value is -3.21. The second kappa shape index (κ2) is 10.2. The lowest BCUT2D eigenvalue weighted by Gasteiger charge is -2.34. The molecule has 0 aliphatic carbocycles. The Morgan fingerprint density at radius 2 is 1.91 bits per heavy atom. The van der Waals surface area contributed by atoms with Crippen LogP contribution in [0.1, 0.15) is 22.5 Å². The van der Waals surface area contributed by atoms with Crippen molar-refractivity contribution in [1.29, 1.82) is 0 Å². The summed E-state index contributed by atoms with van der Waals surface area (Å²) < 4.78 is 5.20. The molecule has 0 saturated carbocycles. The van der Waals surface area contributed by atoms with Gasteiger partial charge in [-0.2, -0.15) is 0 Å². The molecule has 9 nitrogen and oxygen atoms in total. The number of anilines is 2. The van der Waals surface area contributed by atoms with Crippen LogP contribution in [0.15, 0.2) is 42.7 Å². The van der Waals surface area contributed by atoms with Gasteiger partial charge in [-0.05, 0) is 49.7 Å². The molecule has 1 aliphatic heterocycles. The molecule has 172 valence electrons. The van der Waals surface area contributed by atoms with Crippen molar-refractivity contribution in [2.75, 3.05) is 24.6 Å². The quantitative estimate of drug-likeness (QED) is 0.432. The number of carboxylic acids is 2. The summed E-state index contributed by atoms with van der Waals surface area (Å²) in [5.41, 5.74) is 1.53. The number of ether oxygens (including phenoxy) is 1. The second-order valence-corrected chi connectivity index (χ2v) is 8.74. The number of nitrogens with one attached hydrogen (secondary N) is 1. The third-order valence-electron chi connectivity index (χ3n) is 5.17. The van der Waals surface area contributed by atoms with E-state index in [1.807, 2.05) is 24.3 Å². The summed E-state index contributed by atoms with van der Waals surface area (Å²) >= 11 is 7.41. The Morgan fingerprint density at radius 1 is 1.18 bits per heavy atom. The van der Waals surface area contributed by atoms with Crippen molar-refractivity contribution >= 4 is 46.5 Å². The molecule has 0 radical (unpaired) electrons. The van der Waals surface area contributed by atoms with Crippen molar-refractivity contribution in [3.63, 3.8) is 0 Å². The number of nitrogens with zero attached hydrogens (tertiary/aromatic N) is 3. The van der Waals surface area contributed by atoms with Crippen LogP contribution in [0.5, 0.6) is 5.75 Å². The highest BCUT2D eigenvalue weighted by molar-refractivity contribution is 7.18. The van der Waals surface area contributed by atoms with Gasteiger partial charge in [-0.1, -0.05) is 23.7 Å². The molecule has 1 fully saturated rings. The van der Waals surface area contributed by atoms with E-state index in [0.29, 0.717) is 16.4 Å². The number of aromatic carboxylic acids is 1.